The van der Waals surface area contributed by atoms with Gasteiger partial charge in [0.05, 0.1) is 11.7 Å². The van der Waals surface area contributed by atoms with Gasteiger partial charge < -0.3 is 4.90 Å². The predicted octanol–water partition coefficient (Wildman–Crippen LogP) is 2.81. The quantitative estimate of drug-likeness (QED) is 0.805. The normalized spacial score (nSPS) is 22.9. The molecule has 2 aliphatic rings. The van der Waals surface area contributed by atoms with E-state index < -0.39 is 10.0 Å². The van der Waals surface area contributed by atoms with E-state index in [1.807, 2.05) is 12.1 Å². The highest BCUT2D eigenvalue weighted by Crippen LogP contribution is 2.47. The Morgan fingerprint density at radius 2 is 2.04 bits per heavy atom. The van der Waals surface area contributed by atoms with E-state index in [-0.39, 0.29) is 29.3 Å². The Hall–Kier alpha value is -1.63. The summed E-state index contributed by atoms with van der Waals surface area (Å²) in [5.41, 5.74) is 3.15. The SMILES string of the molecule is Cc1ccc2c(c1)[C@@H]1CN(C)CC[C@@H]1N2S(=O)(=O)c1cccnc1.Cl. The number of halogens is 1. The Kier molecular flexibility index (Phi) is 4.79. The van der Waals surface area contributed by atoms with Gasteiger partial charge in [0.1, 0.15) is 4.90 Å². The average molecular weight is 380 g/mol. The second-order valence-electron chi connectivity index (χ2n) is 6.78. The molecule has 7 heteroatoms. The van der Waals surface area contributed by atoms with Gasteiger partial charge in [0.25, 0.3) is 10.0 Å². The van der Waals surface area contributed by atoms with E-state index >= 15 is 0 Å². The lowest BCUT2D eigenvalue weighted by molar-refractivity contribution is 0.237. The molecule has 25 heavy (non-hydrogen) atoms. The Morgan fingerprint density at radius 3 is 2.76 bits per heavy atom. The topological polar surface area (TPSA) is 53.5 Å². The number of fused-ring (bicyclic) bond motifs is 3. The first-order valence-electron chi connectivity index (χ1n) is 8.22. The first-order valence-corrected chi connectivity index (χ1v) is 9.66. The van der Waals surface area contributed by atoms with E-state index in [0.717, 1.165) is 30.8 Å². The lowest BCUT2D eigenvalue weighted by Gasteiger charge is -2.36. The predicted molar refractivity (Wildman–Crippen MR) is 101 cm³/mol. The van der Waals surface area contributed by atoms with Gasteiger partial charge >= 0.3 is 0 Å². The van der Waals surface area contributed by atoms with Gasteiger partial charge in [0.15, 0.2) is 0 Å². The number of piperidine rings is 1. The van der Waals surface area contributed by atoms with Crippen LogP contribution in [0.3, 0.4) is 0 Å². The van der Waals surface area contributed by atoms with Gasteiger partial charge in [0.2, 0.25) is 0 Å². The van der Waals surface area contributed by atoms with Crippen molar-refractivity contribution in [3.63, 3.8) is 0 Å². The van der Waals surface area contributed by atoms with Crippen LogP contribution >= 0.6 is 12.4 Å². The van der Waals surface area contributed by atoms with E-state index in [2.05, 4.69) is 29.9 Å². The second-order valence-corrected chi connectivity index (χ2v) is 8.59. The minimum absolute atomic E-state index is 0. The molecular weight excluding hydrogens is 358 g/mol. The third-order valence-corrected chi connectivity index (χ3v) is 6.91. The van der Waals surface area contributed by atoms with Crippen LogP contribution < -0.4 is 4.31 Å². The van der Waals surface area contributed by atoms with E-state index in [1.54, 1.807) is 22.6 Å². The van der Waals surface area contributed by atoms with Crippen LogP contribution in [0.2, 0.25) is 0 Å². The van der Waals surface area contributed by atoms with Crippen molar-refractivity contribution in [1.82, 2.24) is 9.88 Å². The van der Waals surface area contributed by atoms with Crippen molar-refractivity contribution in [1.29, 1.82) is 0 Å². The van der Waals surface area contributed by atoms with Crippen LogP contribution in [0.25, 0.3) is 0 Å². The van der Waals surface area contributed by atoms with Gasteiger partial charge in [-0.2, -0.15) is 0 Å². The number of hydrogen-bond acceptors (Lipinski definition) is 4. The summed E-state index contributed by atoms with van der Waals surface area (Å²) >= 11 is 0. The van der Waals surface area contributed by atoms with Gasteiger partial charge in [-0.15, -0.1) is 12.4 Å². The van der Waals surface area contributed by atoms with Crippen LogP contribution in [0, 0.1) is 6.92 Å². The van der Waals surface area contributed by atoms with Crippen molar-refractivity contribution in [2.75, 3.05) is 24.4 Å². The number of sulfonamides is 1. The van der Waals surface area contributed by atoms with E-state index in [1.165, 1.54) is 11.8 Å². The smallest absolute Gasteiger partial charge is 0.266 e. The van der Waals surface area contributed by atoms with Crippen LogP contribution in [-0.4, -0.2) is 44.5 Å². The molecule has 1 fully saturated rings. The van der Waals surface area contributed by atoms with Crippen LogP contribution in [0.5, 0.6) is 0 Å². The maximum Gasteiger partial charge on any atom is 0.266 e. The number of nitrogens with zero attached hydrogens (tertiary/aromatic N) is 3. The molecule has 0 aliphatic carbocycles. The number of benzene rings is 1. The van der Waals surface area contributed by atoms with Gasteiger partial charge in [-0.1, -0.05) is 17.7 Å². The number of likely N-dealkylation sites (N-methyl/N-ethyl adjacent to an activating group) is 1. The molecule has 1 aromatic carbocycles. The summed E-state index contributed by atoms with van der Waals surface area (Å²) in [6.07, 6.45) is 3.87. The molecule has 4 rings (SSSR count). The molecule has 0 bridgehead atoms. The molecular formula is C18H22ClN3O2S. The first kappa shape index (κ1) is 18.2. The van der Waals surface area contributed by atoms with Crippen molar-refractivity contribution in [2.45, 2.75) is 30.2 Å². The number of rotatable bonds is 2. The molecule has 5 nitrogen and oxygen atoms in total. The fraction of sp³-hybridized carbons (Fsp3) is 0.389. The lowest BCUT2D eigenvalue weighted by Crippen LogP contribution is -2.47. The molecule has 3 heterocycles. The third-order valence-electron chi connectivity index (χ3n) is 5.09. The molecule has 0 unspecified atom stereocenters. The van der Waals surface area contributed by atoms with Crippen molar-refractivity contribution in [3.8, 4) is 0 Å². The summed E-state index contributed by atoms with van der Waals surface area (Å²) < 4.78 is 28.2. The van der Waals surface area contributed by atoms with Gasteiger partial charge in [-0.05, 0) is 50.7 Å². The largest absolute Gasteiger partial charge is 0.306 e. The van der Waals surface area contributed by atoms with E-state index in [4.69, 9.17) is 0 Å². The summed E-state index contributed by atoms with van der Waals surface area (Å²) in [6.45, 7) is 3.85. The highest BCUT2D eigenvalue weighted by molar-refractivity contribution is 7.92. The summed E-state index contributed by atoms with van der Waals surface area (Å²) in [5, 5.41) is 0. The summed E-state index contributed by atoms with van der Waals surface area (Å²) in [5.74, 6) is 0.227. The zero-order valence-electron chi connectivity index (χ0n) is 14.3. The minimum Gasteiger partial charge on any atom is -0.306 e. The molecule has 2 aliphatic heterocycles. The number of likely N-dealkylation sites (tertiary alicyclic amines) is 1. The minimum atomic E-state index is -3.60. The summed E-state index contributed by atoms with van der Waals surface area (Å²) in [4.78, 5) is 6.54. The Balaban J connectivity index is 0.00000182. The van der Waals surface area contributed by atoms with Gasteiger partial charge in [-0.25, -0.2) is 8.42 Å². The fourth-order valence-electron chi connectivity index (χ4n) is 3.96. The molecule has 1 aromatic heterocycles. The molecule has 1 saturated heterocycles. The molecule has 0 spiro atoms. The van der Waals surface area contributed by atoms with E-state index in [9.17, 15) is 8.42 Å². The molecule has 0 amide bonds. The standard InChI is InChI=1S/C18H21N3O2S.ClH/c1-13-5-6-17-15(10-13)16-12-20(2)9-7-18(16)21(17)24(22,23)14-4-3-8-19-11-14;/h3-6,8,10-11,16,18H,7,9,12H2,1-2H3;1H/t16-,18-;/m0./s1. The number of aryl methyl sites for hydroxylation is 1. The average Bonchev–Trinajstić information content (AvgIpc) is 2.89. The maximum absolute atomic E-state index is 13.3. The van der Waals surface area contributed by atoms with Gasteiger partial charge in [-0.3, -0.25) is 9.29 Å². The number of hydrogen-bond donors (Lipinski definition) is 0. The van der Waals surface area contributed by atoms with Crippen molar-refractivity contribution in [3.05, 3.63) is 53.9 Å². The summed E-state index contributed by atoms with van der Waals surface area (Å²) in [6, 6.07) is 9.38. The lowest BCUT2D eigenvalue weighted by atomic mass is 9.89. The first-order chi connectivity index (χ1) is 11.5. The molecule has 0 saturated carbocycles. The Morgan fingerprint density at radius 1 is 1.24 bits per heavy atom. The Labute approximate surface area is 155 Å². The highest BCUT2D eigenvalue weighted by atomic mass is 35.5. The van der Waals surface area contributed by atoms with E-state index in [0.29, 0.717) is 0 Å². The van der Waals surface area contributed by atoms with Crippen molar-refractivity contribution in [2.24, 2.45) is 0 Å². The van der Waals surface area contributed by atoms with Crippen LogP contribution in [0.15, 0.2) is 47.6 Å². The van der Waals surface area contributed by atoms with Crippen molar-refractivity contribution < 1.29 is 8.42 Å². The Bertz CT molecular complexity index is 873. The summed E-state index contributed by atoms with van der Waals surface area (Å²) in [7, 11) is -1.50. The van der Waals surface area contributed by atoms with Crippen LogP contribution in [0.4, 0.5) is 5.69 Å². The van der Waals surface area contributed by atoms with Crippen LogP contribution in [-0.2, 0) is 10.0 Å². The maximum atomic E-state index is 13.3. The molecule has 2 aromatic rings. The molecule has 0 radical (unpaired) electrons. The number of anilines is 1. The number of aromatic nitrogens is 1. The highest BCUT2D eigenvalue weighted by Gasteiger charge is 2.46. The van der Waals surface area contributed by atoms with Gasteiger partial charge in [0, 0.05) is 24.9 Å². The van der Waals surface area contributed by atoms with Crippen LogP contribution in [0.1, 0.15) is 23.5 Å². The van der Waals surface area contributed by atoms with Crippen molar-refractivity contribution >= 4 is 28.1 Å². The third kappa shape index (κ3) is 2.92. The zero-order valence-corrected chi connectivity index (χ0v) is 15.9. The zero-order chi connectivity index (χ0) is 16.9. The number of pyridine rings is 1. The molecule has 0 N–H and O–H groups in total. The fourth-order valence-corrected chi connectivity index (χ4v) is 5.67. The molecule has 134 valence electrons. The second kappa shape index (κ2) is 6.59. The molecule has 2 atom stereocenters. The monoisotopic (exact) mass is 379 g/mol.